The van der Waals surface area contributed by atoms with Crippen LogP contribution in [-0.4, -0.2) is 44.2 Å². The van der Waals surface area contributed by atoms with E-state index in [9.17, 15) is 9.50 Å². The molecule has 4 nitrogen and oxygen atoms in total. The average Bonchev–Trinajstić information content (AvgIpc) is 2.43. The van der Waals surface area contributed by atoms with Crippen molar-refractivity contribution in [2.75, 3.05) is 26.9 Å². The molecule has 0 aliphatic carbocycles. The van der Waals surface area contributed by atoms with Gasteiger partial charge in [-0.1, -0.05) is 12.1 Å². The fourth-order valence-electron chi connectivity index (χ4n) is 1.82. The van der Waals surface area contributed by atoms with Crippen LogP contribution in [0.1, 0.15) is 25.5 Å². The molecule has 1 aromatic rings. The third-order valence-corrected chi connectivity index (χ3v) is 2.98. The number of ether oxygens (including phenoxy) is 2. The van der Waals surface area contributed by atoms with Gasteiger partial charge in [0.1, 0.15) is 5.82 Å². The quantitative estimate of drug-likeness (QED) is 0.727. The van der Waals surface area contributed by atoms with Crippen LogP contribution in [0.25, 0.3) is 0 Å². The monoisotopic (exact) mass is 285 g/mol. The lowest BCUT2D eigenvalue weighted by Crippen LogP contribution is -2.33. The van der Waals surface area contributed by atoms with E-state index in [1.54, 1.807) is 13.2 Å². The highest BCUT2D eigenvalue weighted by atomic mass is 19.1. The van der Waals surface area contributed by atoms with Gasteiger partial charge in [-0.05, 0) is 31.5 Å². The Hall–Kier alpha value is -1.01. The molecule has 0 amide bonds. The molecular weight excluding hydrogens is 261 g/mol. The van der Waals surface area contributed by atoms with E-state index >= 15 is 0 Å². The van der Waals surface area contributed by atoms with Crippen LogP contribution in [0.3, 0.4) is 0 Å². The van der Waals surface area contributed by atoms with Crippen molar-refractivity contribution in [3.05, 3.63) is 35.6 Å². The van der Waals surface area contributed by atoms with Crippen molar-refractivity contribution in [3.8, 4) is 0 Å². The second-order valence-corrected chi connectivity index (χ2v) is 4.94. The lowest BCUT2D eigenvalue weighted by Gasteiger charge is -2.19. The van der Waals surface area contributed by atoms with Gasteiger partial charge >= 0.3 is 0 Å². The third kappa shape index (κ3) is 6.43. The van der Waals surface area contributed by atoms with E-state index in [-0.39, 0.29) is 24.6 Å². The third-order valence-electron chi connectivity index (χ3n) is 2.98. The Morgan fingerprint density at radius 1 is 1.30 bits per heavy atom. The minimum absolute atomic E-state index is 0.0308. The molecule has 114 valence electrons. The molecule has 1 rings (SSSR count). The first kappa shape index (κ1) is 17.0. The summed E-state index contributed by atoms with van der Waals surface area (Å²) in [6.45, 7) is 4.94. The van der Waals surface area contributed by atoms with Crippen molar-refractivity contribution in [1.29, 1.82) is 0 Å². The van der Waals surface area contributed by atoms with Gasteiger partial charge in [0.15, 0.2) is 0 Å². The lowest BCUT2D eigenvalue weighted by molar-refractivity contribution is -0.0315. The number of aliphatic hydroxyl groups is 1. The van der Waals surface area contributed by atoms with Gasteiger partial charge in [0.05, 0.1) is 25.4 Å². The van der Waals surface area contributed by atoms with Crippen LogP contribution in [0.5, 0.6) is 0 Å². The minimum Gasteiger partial charge on any atom is -0.389 e. The Labute approximate surface area is 119 Å². The van der Waals surface area contributed by atoms with E-state index < -0.39 is 6.10 Å². The van der Waals surface area contributed by atoms with Crippen LogP contribution in [0.15, 0.2) is 24.3 Å². The Kier molecular flexibility index (Phi) is 7.69. The van der Waals surface area contributed by atoms with Crippen LogP contribution >= 0.6 is 0 Å². The van der Waals surface area contributed by atoms with Crippen LogP contribution in [0.4, 0.5) is 4.39 Å². The Balaban J connectivity index is 2.28. The zero-order chi connectivity index (χ0) is 15.0. The largest absolute Gasteiger partial charge is 0.389 e. The minimum atomic E-state index is -0.606. The molecule has 3 atom stereocenters. The summed E-state index contributed by atoms with van der Waals surface area (Å²) in [5.74, 6) is -0.256. The van der Waals surface area contributed by atoms with Crippen molar-refractivity contribution in [1.82, 2.24) is 5.32 Å². The highest BCUT2D eigenvalue weighted by molar-refractivity contribution is 5.19. The maximum absolute atomic E-state index is 13.1. The molecule has 0 bridgehead atoms. The molecule has 3 unspecified atom stereocenters. The maximum atomic E-state index is 13.1. The van der Waals surface area contributed by atoms with Gasteiger partial charge in [0.2, 0.25) is 0 Å². The molecular formula is C15H24FNO3. The summed E-state index contributed by atoms with van der Waals surface area (Å²) in [6, 6.07) is 6.40. The fourth-order valence-corrected chi connectivity index (χ4v) is 1.82. The van der Waals surface area contributed by atoms with E-state index in [4.69, 9.17) is 9.47 Å². The number of halogens is 1. The summed E-state index contributed by atoms with van der Waals surface area (Å²) in [7, 11) is 1.61. The molecule has 0 aliphatic rings. The SMILES string of the molecule is COCC(C)OCC(O)CNC(C)c1cccc(F)c1. The number of benzene rings is 1. The normalized spacial score (nSPS) is 15.8. The Bertz CT molecular complexity index is 389. The predicted octanol–water partition coefficient (Wildman–Crippen LogP) is 1.89. The fraction of sp³-hybridized carbons (Fsp3) is 0.600. The molecule has 0 aromatic heterocycles. The van der Waals surface area contributed by atoms with E-state index in [1.807, 2.05) is 19.9 Å². The number of hydrogen-bond acceptors (Lipinski definition) is 4. The molecule has 0 radical (unpaired) electrons. The average molecular weight is 285 g/mol. The second kappa shape index (κ2) is 9.02. The number of rotatable bonds is 9. The van der Waals surface area contributed by atoms with Crippen LogP contribution in [-0.2, 0) is 9.47 Å². The maximum Gasteiger partial charge on any atom is 0.123 e. The van der Waals surface area contributed by atoms with E-state index in [2.05, 4.69) is 5.32 Å². The van der Waals surface area contributed by atoms with E-state index in [0.717, 1.165) is 5.56 Å². The molecule has 0 fully saturated rings. The summed E-state index contributed by atoms with van der Waals surface area (Å²) in [6.07, 6.45) is -0.652. The predicted molar refractivity (Wildman–Crippen MR) is 76.1 cm³/mol. The summed E-state index contributed by atoms with van der Waals surface area (Å²) in [4.78, 5) is 0. The molecule has 2 N–H and O–H groups in total. The van der Waals surface area contributed by atoms with Crippen LogP contribution < -0.4 is 5.32 Å². The summed E-state index contributed by atoms with van der Waals surface area (Å²) in [5.41, 5.74) is 0.853. The smallest absolute Gasteiger partial charge is 0.123 e. The second-order valence-electron chi connectivity index (χ2n) is 4.94. The number of nitrogens with one attached hydrogen (secondary N) is 1. The first-order valence-electron chi connectivity index (χ1n) is 6.80. The Morgan fingerprint density at radius 2 is 2.05 bits per heavy atom. The number of hydrogen-bond donors (Lipinski definition) is 2. The van der Waals surface area contributed by atoms with Gasteiger partial charge in [-0.25, -0.2) is 4.39 Å². The molecule has 0 aliphatic heterocycles. The van der Waals surface area contributed by atoms with Crippen molar-refractivity contribution in [2.45, 2.75) is 32.1 Å². The first-order valence-corrected chi connectivity index (χ1v) is 6.80. The van der Waals surface area contributed by atoms with Gasteiger partial charge in [0, 0.05) is 19.7 Å². The van der Waals surface area contributed by atoms with Crippen molar-refractivity contribution in [3.63, 3.8) is 0 Å². The lowest BCUT2D eigenvalue weighted by atomic mass is 10.1. The van der Waals surface area contributed by atoms with Gasteiger partial charge in [-0.2, -0.15) is 0 Å². The van der Waals surface area contributed by atoms with Crippen molar-refractivity contribution >= 4 is 0 Å². The van der Waals surface area contributed by atoms with Crippen molar-refractivity contribution in [2.24, 2.45) is 0 Å². The van der Waals surface area contributed by atoms with Crippen LogP contribution in [0, 0.1) is 5.82 Å². The summed E-state index contributed by atoms with van der Waals surface area (Å²) in [5, 5.41) is 13.0. The zero-order valence-corrected chi connectivity index (χ0v) is 12.3. The van der Waals surface area contributed by atoms with E-state index in [1.165, 1.54) is 12.1 Å². The Morgan fingerprint density at radius 3 is 2.70 bits per heavy atom. The van der Waals surface area contributed by atoms with Gasteiger partial charge in [-0.15, -0.1) is 0 Å². The van der Waals surface area contributed by atoms with Gasteiger partial charge in [0.25, 0.3) is 0 Å². The highest BCUT2D eigenvalue weighted by Crippen LogP contribution is 2.13. The van der Waals surface area contributed by atoms with Crippen molar-refractivity contribution < 1.29 is 19.0 Å². The molecule has 0 saturated carbocycles. The number of methoxy groups -OCH3 is 1. The van der Waals surface area contributed by atoms with Gasteiger partial charge in [-0.3, -0.25) is 0 Å². The standard InChI is InChI=1S/C15H24FNO3/c1-11(9-19-3)20-10-15(18)8-17-12(2)13-5-4-6-14(16)7-13/h4-7,11-12,15,17-18H,8-10H2,1-3H3. The zero-order valence-electron chi connectivity index (χ0n) is 12.3. The molecule has 0 heterocycles. The van der Waals surface area contributed by atoms with Crippen LogP contribution in [0.2, 0.25) is 0 Å². The summed E-state index contributed by atoms with van der Waals surface area (Å²) >= 11 is 0. The molecule has 20 heavy (non-hydrogen) atoms. The molecule has 5 heteroatoms. The van der Waals surface area contributed by atoms with Gasteiger partial charge < -0.3 is 19.9 Å². The topological polar surface area (TPSA) is 50.7 Å². The molecule has 0 saturated heterocycles. The molecule has 1 aromatic carbocycles. The molecule has 0 spiro atoms. The number of aliphatic hydroxyl groups excluding tert-OH is 1. The first-order chi connectivity index (χ1) is 9.52. The van der Waals surface area contributed by atoms with E-state index in [0.29, 0.717) is 13.2 Å². The highest BCUT2D eigenvalue weighted by Gasteiger charge is 2.11. The summed E-state index contributed by atoms with van der Waals surface area (Å²) < 4.78 is 23.5.